The topological polar surface area (TPSA) is 98.1 Å². The van der Waals surface area contributed by atoms with Gasteiger partial charge in [-0.1, -0.05) is 38.1 Å². The van der Waals surface area contributed by atoms with Crippen LogP contribution < -0.4 is 10.1 Å². The Bertz CT molecular complexity index is 1190. The molecule has 2 aromatic carbocycles. The molecule has 1 amide bonds. The first kappa shape index (κ1) is 25.5. The maximum Gasteiger partial charge on any atom is 0.255 e. The summed E-state index contributed by atoms with van der Waals surface area (Å²) in [7, 11) is -2.26. The van der Waals surface area contributed by atoms with Gasteiger partial charge in [0, 0.05) is 19.6 Å². The van der Waals surface area contributed by atoms with Gasteiger partial charge < -0.3 is 19.2 Å². The van der Waals surface area contributed by atoms with E-state index in [-0.39, 0.29) is 17.0 Å². The van der Waals surface area contributed by atoms with Crippen LogP contribution in [0.4, 0.5) is 0 Å². The van der Waals surface area contributed by atoms with E-state index in [1.165, 1.54) is 29.6 Å². The van der Waals surface area contributed by atoms with E-state index in [0.29, 0.717) is 32.1 Å². The molecule has 1 aromatic heterocycles. The van der Waals surface area contributed by atoms with Crippen LogP contribution in [0.1, 0.15) is 41.1 Å². The highest BCUT2D eigenvalue weighted by Gasteiger charge is 2.24. The summed E-state index contributed by atoms with van der Waals surface area (Å²) in [5, 5.41) is 2.85. The predicted octanol–water partition coefficient (Wildman–Crippen LogP) is 3.97. The quantitative estimate of drug-likeness (QED) is 0.416. The Morgan fingerprint density at radius 3 is 2.44 bits per heavy atom. The Kier molecular flexibility index (Phi) is 8.86. The molecular weight excluding hydrogens is 456 g/mol. The molecule has 0 aliphatic rings. The lowest BCUT2D eigenvalue weighted by atomic mass is 10.1. The van der Waals surface area contributed by atoms with Crippen LogP contribution >= 0.6 is 0 Å². The number of sulfonamides is 1. The number of nitrogens with one attached hydrogen (secondary N) is 1. The van der Waals surface area contributed by atoms with Gasteiger partial charge in [-0.05, 0) is 41.5 Å². The third-order valence-electron chi connectivity index (χ3n) is 5.30. The van der Waals surface area contributed by atoms with Crippen molar-refractivity contribution in [2.75, 3.05) is 20.2 Å². The summed E-state index contributed by atoms with van der Waals surface area (Å²) in [5.41, 5.74) is 2.01. The molecular formula is C25H30N2O6S. The Morgan fingerprint density at radius 1 is 1.00 bits per heavy atom. The van der Waals surface area contributed by atoms with Crippen LogP contribution in [0.3, 0.4) is 0 Å². The monoisotopic (exact) mass is 486 g/mol. The lowest BCUT2D eigenvalue weighted by Gasteiger charge is -2.19. The Hall–Kier alpha value is -3.14. The molecule has 1 N–H and O–H groups in total. The number of carbonyl (C=O) groups excluding carboxylic acids is 1. The molecule has 0 radical (unpaired) electrons. The Morgan fingerprint density at radius 2 is 1.76 bits per heavy atom. The zero-order valence-corrected chi connectivity index (χ0v) is 20.4. The fourth-order valence-electron chi connectivity index (χ4n) is 3.51. The van der Waals surface area contributed by atoms with Gasteiger partial charge >= 0.3 is 0 Å². The molecule has 0 atom stereocenters. The fraction of sp³-hybridized carbons (Fsp3) is 0.320. The normalized spacial score (nSPS) is 11.5. The average molecular weight is 487 g/mol. The highest BCUT2D eigenvalue weighted by Crippen LogP contribution is 2.25. The van der Waals surface area contributed by atoms with E-state index >= 15 is 0 Å². The van der Waals surface area contributed by atoms with Crippen LogP contribution in [0.2, 0.25) is 0 Å². The minimum atomic E-state index is -3.70. The molecule has 34 heavy (non-hydrogen) atoms. The molecule has 0 saturated carbocycles. The lowest BCUT2D eigenvalue weighted by molar-refractivity contribution is 0.0928. The van der Waals surface area contributed by atoms with E-state index in [0.717, 1.165) is 16.9 Å². The fourth-order valence-corrected chi connectivity index (χ4v) is 4.99. The molecule has 3 rings (SSSR count). The van der Waals surface area contributed by atoms with Gasteiger partial charge in [0.05, 0.1) is 30.4 Å². The standard InChI is InChI=1S/C25H30N2O6S/c1-4-27(5-2)34(29,30)22-11-12-24(31-3)23(15-22)25(28)26-16-19-8-6-9-20(14-19)17-32-18-21-10-7-13-33-21/h6-15H,4-5,16-18H2,1-3H3,(H,26,28). The maximum absolute atomic E-state index is 12.9. The molecule has 0 unspecified atom stereocenters. The van der Waals surface area contributed by atoms with Gasteiger partial charge in [0.2, 0.25) is 10.0 Å². The minimum Gasteiger partial charge on any atom is -0.496 e. The second-order valence-electron chi connectivity index (χ2n) is 7.53. The van der Waals surface area contributed by atoms with Gasteiger partial charge in [0.1, 0.15) is 18.1 Å². The molecule has 0 spiro atoms. The Labute approximate surface area is 200 Å². The number of methoxy groups -OCH3 is 1. The summed E-state index contributed by atoms with van der Waals surface area (Å²) in [6.07, 6.45) is 1.60. The van der Waals surface area contributed by atoms with Gasteiger partial charge in [-0.25, -0.2) is 8.42 Å². The lowest BCUT2D eigenvalue weighted by Crippen LogP contribution is -2.31. The van der Waals surface area contributed by atoms with Crippen LogP contribution in [-0.2, 0) is 34.5 Å². The first-order valence-corrected chi connectivity index (χ1v) is 12.5. The highest BCUT2D eigenvalue weighted by atomic mass is 32.2. The van der Waals surface area contributed by atoms with Crippen LogP contribution in [0.15, 0.2) is 70.2 Å². The second kappa shape index (κ2) is 11.8. The summed E-state index contributed by atoms with van der Waals surface area (Å²) in [6.45, 7) is 5.27. The molecule has 182 valence electrons. The molecule has 0 aliphatic heterocycles. The zero-order valence-electron chi connectivity index (χ0n) is 19.6. The number of rotatable bonds is 12. The molecule has 9 heteroatoms. The van der Waals surface area contributed by atoms with E-state index in [2.05, 4.69) is 5.32 Å². The molecule has 3 aromatic rings. The first-order chi connectivity index (χ1) is 16.4. The van der Waals surface area contributed by atoms with Gasteiger partial charge in [-0.15, -0.1) is 0 Å². The van der Waals surface area contributed by atoms with Gasteiger partial charge in [0.25, 0.3) is 5.91 Å². The van der Waals surface area contributed by atoms with E-state index in [1.54, 1.807) is 20.1 Å². The third kappa shape index (κ3) is 6.25. The van der Waals surface area contributed by atoms with Crippen molar-refractivity contribution < 1.29 is 27.1 Å². The molecule has 0 bridgehead atoms. The van der Waals surface area contributed by atoms with Crippen molar-refractivity contribution in [3.05, 3.63) is 83.3 Å². The zero-order chi connectivity index (χ0) is 24.6. The third-order valence-corrected chi connectivity index (χ3v) is 7.34. The summed E-state index contributed by atoms with van der Waals surface area (Å²) in [5.74, 6) is 0.631. The van der Waals surface area contributed by atoms with Crippen LogP contribution in [0.5, 0.6) is 5.75 Å². The van der Waals surface area contributed by atoms with Crippen LogP contribution in [0.25, 0.3) is 0 Å². The van der Waals surface area contributed by atoms with E-state index < -0.39 is 15.9 Å². The number of carbonyl (C=O) groups is 1. The summed E-state index contributed by atoms with van der Waals surface area (Å²) < 4.78 is 43.3. The van der Waals surface area contributed by atoms with Crippen molar-refractivity contribution in [1.29, 1.82) is 0 Å². The number of nitrogens with zero attached hydrogens (tertiary/aromatic N) is 1. The van der Waals surface area contributed by atoms with Crippen molar-refractivity contribution in [3.8, 4) is 5.75 Å². The number of hydrogen-bond donors (Lipinski definition) is 1. The first-order valence-electron chi connectivity index (χ1n) is 11.0. The smallest absolute Gasteiger partial charge is 0.255 e. The highest BCUT2D eigenvalue weighted by molar-refractivity contribution is 7.89. The van der Waals surface area contributed by atoms with Crippen LogP contribution in [0, 0.1) is 0 Å². The minimum absolute atomic E-state index is 0.0536. The average Bonchev–Trinajstić information content (AvgIpc) is 3.36. The number of furan rings is 1. The number of ether oxygens (including phenoxy) is 2. The van der Waals surface area contributed by atoms with Crippen LogP contribution in [-0.4, -0.2) is 38.8 Å². The summed E-state index contributed by atoms with van der Waals surface area (Å²) >= 11 is 0. The number of benzene rings is 2. The van der Waals surface area contributed by atoms with Crippen molar-refractivity contribution in [3.63, 3.8) is 0 Å². The molecule has 8 nitrogen and oxygen atoms in total. The largest absolute Gasteiger partial charge is 0.496 e. The van der Waals surface area contributed by atoms with Crippen molar-refractivity contribution in [2.24, 2.45) is 0 Å². The molecule has 0 saturated heterocycles. The van der Waals surface area contributed by atoms with Gasteiger partial charge in [0.15, 0.2) is 0 Å². The molecule has 0 fully saturated rings. The summed E-state index contributed by atoms with van der Waals surface area (Å²) in [6, 6.07) is 15.7. The van der Waals surface area contributed by atoms with Crippen molar-refractivity contribution >= 4 is 15.9 Å². The van der Waals surface area contributed by atoms with E-state index in [9.17, 15) is 13.2 Å². The van der Waals surface area contributed by atoms with E-state index in [1.807, 2.05) is 36.4 Å². The molecule has 1 heterocycles. The van der Waals surface area contributed by atoms with Gasteiger partial charge in [-0.2, -0.15) is 4.31 Å². The van der Waals surface area contributed by atoms with E-state index in [4.69, 9.17) is 13.9 Å². The molecule has 0 aliphatic carbocycles. The predicted molar refractivity (Wildman–Crippen MR) is 128 cm³/mol. The summed E-state index contributed by atoms with van der Waals surface area (Å²) in [4.78, 5) is 13.0. The number of amides is 1. The Balaban J connectivity index is 1.68. The van der Waals surface area contributed by atoms with Crippen molar-refractivity contribution in [1.82, 2.24) is 9.62 Å². The maximum atomic E-state index is 12.9. The van der Waals surface area contributed by atoms with Crippen molar-refractivity contribution in [2.45, 2.75) is 38.5 Å². The second-order valence-corrected chi connectivity index (χ2v) is 9.46. The van der Waals surface area contributed by atoms with Gasteiger partial charge in [-0.3, -0.25) is 4.79 Å². The SMILES string of the molecule is CCN(CC)S(=O)(=O)c1ccc(OC)c(C(=O)NCc2cccc(COCc3ccco3)c2)c1. The number of hydrogen-bond acceptors (Lipinski definition) is 6.